The van der Waals surface area contributed by atoms with Gasteiger partial charge in [0, 0.05) is 92.2 Å². The summed E-state index contributed by atoms with van der Waals surface area (Å²) in [5.41, 5.74) is 6.79. The Labute approximate surface area is 361 Å². The SMILES string of the molecule is CN1CCCC1c1cccnc1.CN1CCCC1c1cccnc1.CN1CCCC1c1cccnc1.CN1CCCC1c1cccnc1.CN1CCCC1c1cccnc1. The Hall–Kier alpha value is -4.45. The van der Waals surface area contributed by atoms with Gasteiger partial charge in [0.1, 0.15) is 0 Å². The first kappa shape index (κ1) is 45.1. The molecule has 60 heavy (non-hydrogen) atoms. The average Bonchev–Trinajstić information content (AvgIpc) is 4.17. The quantitative estimate of drug-likeness (QED) is 0.172. The monoisotopic (exact) mass is 811 g/mol. The highest BCUT2D eigenvalue weighted by Crippen LogP contribution is 2.32. The summed E-state index contributed by atoms with van der Waals surface area (Å²) < 4.78 is 0. The van der Waals surface area contributed by atoms with E-state index in [2.05, 4.69) is 115 Å². The van der Waals surface area contributed by atoms with Gasteiger partial charge in [-0.3, -0.25) is 49.4 Å². The van der Waals surface area contributed by atoms with Crippen LogP contribution in [-0.4, -0.2) is 117 Å². The van der Waals surface area contributed by atoms with Crippen LogP contribution in [0.5, 0.6) is 0 Å². The summed E-state index contributed by atoms with van der Waals surface area (Å²) in [7, 11) is 10.9. The van der Waals surface area contributed by atoms with E-state index < -0.39 is 0 Å². The van der Waals surface area contributed by atoms with Gasteiger partial charge in [-0.05, 0) is 190 Å². The summed E-state index contributed by atoms with van der Waals surface area (Å²) in [6, 6.07) is 24.0. The highest BCUT2D eigenvalue weighted by molar-refractivity contribution is 5.18. The van der Waals surface area contributed by atoms with Crippen molar-refractivity contribution in [2.45, 2.75) is 94.4 Å². The molecule has 5 aliphatic rings. The highest BCUT2D eigenvalue weighted by Gasteiger charge is 2.25. The van der Waals surface area contributed by atoms with E-state index in [1.54, 1.807) is 0 Å². The van der Waals surface area contributed by atoms with Crippen LogP contribution in [0.4, 0.5) is 0 Å². The van der Waals surface area contributed by atoms with Crippen LogP contribution >= 0.6 is 0 Å². The van der Waals surface area contributed by atoms with Crippen LogP contribution < -0.4 is 0 Å². The molecule has 0 radical (unpaired) electrons. The lowest BCUT2D eigenvalue weighted by molar-refractivity contribution is 0.317. The third-order valence-electron chi connectivity index (χ3n) is 12.9. The molecule has 0 aliphatic carbocycles. The van der Waals surface area contributed by atoms with Crippen molar-refractivity contribution in [2.24, 2.45) is 0 Å². The van der Waals surface area contributed by atoms with Gasteiger partial charge in [0.2, 0.25) is 0 Å². The van der Waals surface area contributed by atoms with E-state index >= 15 is 0 Å². The van der Waals surface area contributed by atoms with Crippen molar-refractivity contribution in [3.05, 3.63) is 150 Å². The van der Waals surface area contributed by atoms with E-state index in [0.717, 1.165) is 0 Å². The average molecular weight is 811 g/mol. The first-order valence-corrected chi connectivity index (χ1v) is 22.4. The van der Waals surface area contributed by atoms with Crippen LogP contribution in [0.25, 0.3) is 0 Å². The molecule has 5 aliphatic heterocycles. The fraction of sp³-hybridized carbons (Fsp3) is 0.500. The summed E-state index contributed by atoms with van der Waals surface area (Å²) in [6.45, 7) is 6.11. The zero-order chi connectivity index (χ0) is 41.9. The maximum absolute atomic E-state index is 4.14. The normalized spacial score (nSPS) is 24.6. The first-order chi connectivity index (χ1) is 29.4. The lowest BCUT2D eigenvalue weighted by Gasteiger charge is -2.18. The van der Waals surface area contributed by atoms with Crippen LogP contribution in [-0.2, 0) is 0 Å². The molecule has 320 valence electrons. The molecular formula is C50H70N10. The van der Waals surface area contributed by atoms with E-state index in [9.17, 15) is 0 Å². The van der Waals surface area contributed by atoms with Crippen molar-refractivity contribution in [3.8, 4) is 0 Å². The Morgan fingerprint density at radius 2 is 0.500 bits per heavy atom. The minimum absolute atomic E-state index is 0.610. The van der Waals surface area contributed by atoms with E-state index in [0.29, 0.717) is 30.2 Å². The second-order valence-corrected chi connectivity index (χ2v) is 17.1. The molecule has 0 aromatic carbocycles. The third kappa shape index (κ3) is 13.3. The molecule has 5 fully saturated rings. The second-order valence-electron chi connectivity index (χ2n) is 17.1. The zero-order valence-corrected chi connectivity index (χ0v) is 37.0. The van der Waals surface area contributed by atoms with Gasteiger partial charge >= 0.3 is 0 Å². The molecule has 0 saturated carbocycles. The van der Waals surface area contributed by atoms with Gasteiger partial charge in [-0.25, -0.2) is 0 Å². The summed E-state index contributed by atoms with van der Waals surface area (Å²) in [5, 5.41) is 0. The summed E-state index contributed by atoms with van der Waals surface area (Å²) >= 11 is 0. The molecule has 5 atom stereocenters. The van der Waals surface area contributed by atoms with Crippen molar-refractivity contribution in [1.29, 1.82) is 0 Å². The van der Waals surface area contributed by atoms with E-state index in [4.69, 9.17) is 0 Å². The van der Waals surface area contributed by atoms with Crippen LogP contribution in [0.1, 0.15) is 122 Å². The number of nitrogens with zero attached hydrogens (tertiary/aromatic N) is 10. The molecular weight excluding hydrogens is 741 g/mol. The van der Waals surface area contributed by atoms with Gasteiger partial charge in [-0.1, -0.05) is 30.3 Å². The zero-order valence-electron chi connectivity index (χ0n) is 37.0. The van der Waals surface area contributed by atoms with Crippen LogP contribution in [0.2, 0.25) is 0 Å². The number of pyridine rings is 5. The smallest absolute Gasteiger partial charge is 0.0360 e. The number of hydrogen-bond acceptors (Lipinski definition) is 10. The van der Waals surface area contributed by atoms with Gasteiger partial charge < -0.3 is 0 Å². The van der Waals surface area contributed by atoms with Crippen LogP contribution in [0.15, 0.2) is 123 Å². The van der Waals surface area contributed by atoms with Crippen molar-refractivity contribution in [3.63, 3.8) is 0 Å². The largest absolute Gasteiger partial charge is 0.299 e. The number of likely N-dealkylation sites (tertiary alicyclic amines) is 5. The van der Waals surface area contributed by atoms with Crippen molar-refractivity contribution >= 4 is 0 Å². The Morgan fingerprint density at radius 3 is 0.617 bits per heavy atom. The van der Waals surface area contributed by atoms with E-state index in [1.165, 1.54) is 125 Å². The van der Waals surface area contributed by atoms with E-state index in [1.807, 2.05) is 92.3 Å². The Morgan fingerprint density at radius 1 is 0.317 bits per heavy atom. The first-order valence-electron chi connectivity index (χ1n) is 22.4. The van der Waals surface area contributed by atoms with Crippen LogP contribution in [0.3, 0.4) is 0 Å². The molecule has 10 rings (SSSR count). The molecule has 10 heteroatoms. The van der Waals surface area contributed by atoms with Gasteiger partial charge in [-0.2, -0.15) is 0 Å². The number of rotatable bonds is 5. The minimum Gasteiger partial charge on any atom is -0.299 e. The Kier molecular flexibility index (Phi) is 18.1. The third-order valence-corrected chi connectivity index (χ3v) is 12.9. The van der Waals surface area contributed by atoms with Crippen molar-refractivity contribution in [1.82, 2.24) is 49.4 Å². The molecule has 0 bridgehead atoms. The topological polar surface area (TPSA) is 80.7 Å². The van der Waals surface area contributed by atoms with Gasteiger partial charge in [0.15, 0.2) is 0 Å². The van der Waals surface area contributed by atoms with Gasteiger partial charge in [0.05, 0.1) is 0 Å². The number of hydrogen-bond donors (Lipinski definition) is 0. The summed E-state index contributed by atoms with van der Waals surface area (Å²) in [6.07, 6.45) is 32.0. The lowest BCUT2D eigenvalue weighted by Crippen LogP contribution is -2.17. The molecule has 5 aromatic heterocycles. The Balaban J connectivity index is 0.000000126. The molecule has 0 N–H and O–H groups in total. The maximum atomic E-state index is 4.14. The highest BCUT2D eigenvalue weighted by atomic mass is 15.2. The van der Waals surface area contributed by atoms with E-state index in [-0.39, 0.29) is 0 Å². The molecule has 0 amide bonds. The molecule has 5 unspecified atom stereocenters. The maximum Gasteiger partial charge on any atom is 0.0360 e. The molecule has 0 spiro atoms. The standard InChI is InChI=1S/5C10H14N2/c5*1-12-7-3-5-10(12)9-4-2-6-11-8-9/h5*2,4,6,8,10H,3,5,7H2,1H3. The fourth-order valence-electron chi connectivity index (χ4n) is 9.52. The lowest BCUT2D eigenvalue weighted by atomic mass is 10.1. The Bertz CT molecular complexity index is 1550. The van der Waals surface area contributed by atoms with Gasteiger partial charge in [-0.15, -0.1) is 0 Å². The van der Waals surface area contributed by atoms with Crippen LogP contribution in [0, 0.1) is 0 Å². The second kappa shape index (κ2) is 24.1. The van der Waals surface area contributed by atoms with Gasteiger partial charge in [0.25, 0.3) is 0 Å². The molecule has 5 aromatic rings. The van der Waals surface area contributed by atoms with Crippen molar-refractivity contribution in [2.75, 3.05) is 68.0 Å². The summed E-state index contributed by atoms with van der Waals surface area (Å²) in [5.74, 6) is 0. The predicted molar refractivity (Wildman–Crippen MR) is 244 cm³/mol. The molecule has 10 heterocycles. The molecule has 10 nitrogen and oxygen atoms in total. The van der Waals surface area contributed by atoms with Crippen molar-refractivity contribution < 1.29 is 0 Å². The predicted octanol–water partition coefficient (Wildman–Crippen LogP) is 9.24. The molecule has 5 saturated heterocycles. The summed E-state index contributed by atoms with van der Waals surface area (Å²) in [4.78, 5) is 32.7. The minimum atomic E-state index is 0.610. The fourth-order valence-corrected chi connectivity index (χ4v) is 9.52. The number of aromatic nitrogens is 5.